The molecule has 0 atom stereocenters. The summed E-state index contributed by atoms with van der Waals surface area (Å²) in [5.41, 5.74) is 1.70. The van der Waals surface area contributed by atoms with Gasteiger partial charge >= 0.3 is 0 Å². The molecule has 0 aliphatic heterocycles. The van der Waals surface area contributed by atoms with Gasteiger partial charge in [-0.25, -0.2) is 15.0 Å². The molecule has 0 bridgehead atoms. The molecule has 1 amide bonds. The number of rotatable bonds is 5. The van der Waals surface area contributed by atoms with E-state index in [0.717, 1.165) is 48.7 Å². The van der Waals surface area contributed by atoms with E-state index in [9.17, 15) is 4.79 Å². The van der Waals surface area contributed by atoms with Crippen molar-refractivity contribution in [3.05, 3.63) is 54.9 Å². The maximum absolute atomic E-state index is 12.2. The summed E-state index contributed by atoms with van der Waals surface area (Å²) >= 11 is 0. The molecule has 0 spiro atoms. The number of hydrogen-bond acceptors (Lipinski definition) is 5. The molecule has 2 N–H and O–H groups in total. The minimum absolute atomic E-state index is 0.129. The molecule has 0 unspecified atom stereocenters. The van der Waals surface area contributed by atoms with Gasteiger partial charge in [0, 0.05) is 35.8 Å². The van der Waals surface area contributed by atoms with Crippen molar-refractivity contribution in [3.8, 4) is 5.82 Å². The zero-order chi connectivity index (χ0) is 18.6. The Balaban J connectivity index is 1.43. The summed E-state index contributed by atoms with van der Waals surface area (Å²) in [4.78, 5) is 25.0. The number of aromatic nitrogens is 4. The molecule has 2 aromatic heterocycles. The summed E-state index contributed by atoms with van der Waals surface area (Å²) in [5, 5.41) is 6.27. The quantitative estimate of drug-likeness (QED) is 0.720. The summed E-state index contributed by atoms with van der Waals surface area (Å²) < 4.78 is 1.90. The van der Waals surface area contributed by atoms with Crippen LogP contribution >= 0.6 is 0 Å². The van der Waals surface area contributed by atoms with E-state index in [1.807, 2.05) is 48.0 Å². The Hall–Kier alpha value is -3.22. The molecule has 7 heteroatoms. The van der Waals surface area contributed by atoms with Gasteiger partial charge in [0.05, 0.1) is 0 Å². The zero-order valence-electron chi connectivity index (χ0n) is 15.2. The second-order valence-electron chi connectivity index (χ2n) is 6.78. The van der Waals surface area contributed by atoms with Crippen molar-refractivity contribution in [2.45, 2.75) is 32.6 Å². The van der Waals surface area contributed by atoms with Gasteiger partial charge in [-0.2, -0.15) is 0 Å². The number of hydrogen-bond donors (Lipinski definition) is 2. The van der Waals surface area contributed by atoms with Crippen LogP contribution < -0.4 is 10.6 Å². The lowest BCUT2D eigenvalue weighted by Gasteiger charge is -2.12. The lowest BCUT2D eigenvalue weighted by Crippen LogP contribution is -2.20. The minimum atomic E-state index is 0.129. The Morgan fingerprint density at radius 3 is 2.52 bits per heavy atom. The zero-order valence-corrected chi connectivity index (χ0v) is 15.2. The summed E-state index contributed by atoms with van der Waals surface area (Å²) in [6, 6.07) is 9.52. The minimum Gasteiger partial charge on any atom is -0.340 e. The number of aryl methyl sites for hydroxylation is 1. The van der Waals surface area contributed by atoms with Gasteiger partial charge in [0.15, 0.2) is 0 Å². The fraction of sp³-hybridized carbons (Fsp3) is 0.300. The third-order valence-corrected chi connectivity index (χ3v) is 4.88. The molecular weight excluding hydrogens is 340 g/mol. The first-order chi connectivity index (χ1) is 13.2. The molecule has 1 aliphatic carbocycles. The van der Waals surface area contributed by atoms with Crippen molar-refractivity contribution in [2.75, 3.05) is 10.6 Å². The third-order valence-electron chi connectivity index (χ3n) is 4.88. The van der Waals surface area contributed by atoms with Crippen molar-refractivity contribution >= 4 is 23.1 Å². The van der Waals surface area contributed by atoms with E-state index >= 15 is 0 Å². The number of nitrogens with zero attached hydrogens (tertiary/aromatic N) is 4. The van der Waals surface area contributed by atoms with Crippen molar-refractivity contribution in [1.82, 2.24) is 19.5 Å². The molecule has 0 saturated heterocycles. The number of amides is 1. The SMILES string of the molecule is Cc1nccn1-c1cc(Nc2ccc(NC(=O)C3CCCC3)cc2)ncn1. The van der Waals surface area contributed by atoms with E-state index in [1.165, 1.54) is 6.33 Å². The van der Waals surface area contributed by atoms with E-state index in [2.05, 4.69) is 25.6 Å². The second kappa shape index (κ2) is 7.57. The number of carbonyl (C=O) groups is 1. The van der Waals surface area contributed by atoms with Crippen LogP contribution in [-0.4, -0.2) is 25.4 Å². The molecule has 1 aliphatic rings. The summed E-state index contributed by atoms with van der Waals surface area (Å²) in [5.74, 6) is 2.60. The van der Waals surface area contributed by atoms with Crippen molar-refractivity contribution < 1.29 is 4.79 Å². The summed E-state index contributed by atoms with van der Waals surface area (Å²) in [6.07, 6.45) is 9.43. The van der Waals surface area contributed by atoms with Crippen LogP contribution in [0.3, 0.4) is 0 Å². The average molecular weight is 362 g/mol. The van der Waals surface area contributed by atoms with E-state index in [-0.39, 0.29) is 11.8 Å². The highest BCUT2D eigenvalue weighted by Gasteiger charge is 2.22. The van der Waals surface area contributed by atoms with E-state index in [0.29, 0.717) is 5.82 Å². The molecule has 4 rings (SSSR count). The molecule has 3 aromatic rings. The average Bonchev–Trinajstić information content (AvgIpc) is 3.35. The smallest absolute Gasteiger partial charge is 0.227 e. The van der Waals surface area contributed by atoms with Crippen LogP contribution in [0.4, 0.5) is 17.2 Å². The second-order valence-corrected chi connectivity index (χ2v) is 6.78. The molecular formula is C20H22N6O. The fourth-order valence-corrected chi connectivity index (χ4v) is 3.38. The predicted octanol–water partition coefficient (Wildman–Crippen LogP) is 3.84. The van der Waals surface area contributed by atoms with Crippen molar-refractivity contribution in [2.24, 2.45) is 5.92 Å². The Morgan fingerprint density at radius 2 is 1.81 bits per heavy atom. The summed E-state index contributed by atoms with van der Waals surface area (Å²) in [7, 11) is 0. The van der Waals surface area contributed by atoms with Crippen molar-refractivity contribution in [3.63, 3.8) is 0 Å². The van der Waals surface area contributed by atoms with Gasteiger partial charge in [-0.1, -0.05) is 12.8 Å². The first-order valence-electron chi connectivity index (χ1n) is 9.19. The van der Waals surface area contributed by atoms with Gasteiger partial charge in [-0.3, -0.25) is 9.36 Å². The van der Waals surface area contributed by atoms with Gasteiger partial charge in [-0.05, 0) is 44.0 Å². The Bertz CT molecular complexity index is 928. The monoisotopic (exact) mass is 362 g/mol. The van der Waals surface area contributed by atoms with Crippen LogP contribution in [0.25, 0.3) is 5.82 Å². The van der Waals surface area contributed by atoms with Gasteiger partial charge in [0.2, 0.25) is 5.91 Å². The van der Waals surface area contributed by atoms with Gasteiger partial charge in [-0.15, -0.1) is 0 Å². The Morgan fingerprint density at radius 1 is 1.07 bits per heavy atom. The fourth-order valence-electron chi connectivity index (χ4n) is 3.38. The molecule has 27 heavy (non-hydrogen) atoms. The predicted molar refractivity (Wildman–Crippen MR) is 104 cm³/mol. The van der Waals surface area contributed by atoms with E-state index in [4.69, 9.17) is 0 Å². The third kappa shape index (κ3) is 3.97. The molecule has 1 fully saturated rings. The van der Waals surface area contributed by atoms with Crippen LogP contribution in [-0.2, 0) is 4.79 Å². The lowest BCUT2D eigenvalue weighted by atomic mass is 10.1. The Labute approximate surface area is 157 Å². The molecule has 7 nitrogen and oxygen atoms in total. The topological polar surface area (TPSA) is 84.7 Å². The molecule has 1 aromatic carbocycles. The number of imidazole rings is 1. The lowest BCUT2D eigenvalue weighted by molar-refractivity contribution is -0.119. The number of carbonyl (C=O) groups excluding carboxylic acids is 1. The number of anilines is 3. The van der Waals surface area contributed by atoms with Gasteiger partial charge < -0.3 is 10.6 Å². The van der Waals surface area contributed by atoms with Crippen LogP contribution in [0, 0.1) is 12.8 Å². The normalized spacial score (nSPS) is 14.3. The van der Waals surface area contributed by atoms with Gasteiger partial charge in [0.25, 0.3) is 0 Å². The maximum Gasteiger partial charge on any atom is 0.227 e. The van der Waals surface area contributed by atoms with Gasteiger partial charge in [0.1, 0.15) is 23.8 Å². The molecule has 0 radical (unpaired) electrons. The Kier molecular flexibility index (Phi) is 4.82. The standard InChI is InChI=1S/C20H22N6O/c1-14-21-10-11-26(14)19-12-18(22-13-23-19)24-16-6-8-17(9-7-16)25-20(27)15-4-2-3-5-15/h6-13,15H,2-5H2,1H3,(H,25,27)(H,22,23,24). The van der Waals surface area contributed by atoms with E-state index < -0.39 is 0 Å². The highest BCUT2D eigenvalue weighted by molar-refractivity contribution is 5.92. The molecule has 138 valence electrons. The number of benzene rings is 1. The summed E-state index contributed by atoms with van der Waals surface area (Å²) in [6.45, 7) is 1.92. The largest absolute Gasteiger partial charge is 0.340 e. The first kappa shape index (κ1) is 17.2. The number of nitrogens with one attached hydrogen (secondary N) is 2. The van der Waals surface area contributed by atoms with Crippen LogP contribution in [0.15, 0.2) is 49.1 Å². The molecule has 2 heterocycles. The van der Waals surface area contributed by atoms with E-state index in [1.54, 1.807) is 6.20 Å². The highest BCUT2D eigenvalue weighted by atomic mass is 16.1. The van der Waals surface area contributed by atoms with Crippen LogP contribution in [0.2, 0.25) is 0 Å². The van der Waals surface area contributed by atoms with Crippen LogP contribution in [0.5, 0.6) is 0 Å². The van der Waals surface area contributed by atoms with Crippen LogP contribution in [0.1, 0.15) is 31.5 Å². The van der Waals surface area contributed by atoms with Crippen molar-refractivity contribution in [1.29, 1.82) is 0 Å². The first-order valence-corrected chi connectivity index (χ1v) is 9.19. The maximum atomic E-state index is 12.2. The highest BCUT2D eigenvalue weighted by Crippen LogP contribution is 2.26. The molecule has 1 saturated carbocycles.